The van der Waals surface area contributed by atoms with Gasteiger partial charge in [0, 0.05) is 5.69 Å². The molecule has 2 heterocycles. The molecule has 0 saturated carbocycles. The first kappa shape index (κ1) is 6.34. The Morgan fingerprint density at radius 1 is 1.45 bits per heavy atom. The van der Waals surface area contributed by atoms with Crippen molar-refractivity contribution < 1.29 is 0 Å². The average Bonchev–Trinajstić information content (AvgIpc) is 2.50. The molecule has 0 spiro atoms. The number of nitrogens with zero attached hydrogens (tertiary/aromatic N) is 2. The van der Waals surface area contributed by atoms with E-state index in [1.807, 2.05) is 6.07 Å². The molecule has 2 aromatic heterocycles. The van der Waals surface area contributed by atoms with Gasteiger partial charge in [-0.25, -0.2) is 4.98 Å². The summed E-state index contributed by atoms with van der Waals surface area (Å²) < 4.78 is 0. The molecule has 0 fully saturated rings. The van der Waals surface area contributed by atoms with E-state index in [1.54, 1.807) is 12.5 Å². The fourth-order valence-corrected chi connectivity index (χ4v) is 1.07. The Bertz CT molecular complexity index is 364. The van der Waals surface area contributed by atoms with Gasteiger partial charge in [0.25, 0.3) is 0 Å². The zero-order valence-electron chi connectivity index (χ0n) is 6.33. The summed E-state index contributed by atoms with van der Waals surface area (Å²) in [4.78, 5) is 11.3. The first-order valence-corrected chi connectivity index (χ1v) is 3.68. The molecule has 0 aliphatic heterocycles. The minimum atomic E-state index is 0.933. The smallest absolute Gasteiger partial charge is 0.107 e. The lowest BCUT2D eigenvalue weighted by Crippen LogP contribution is -1.84. The van der Waals surface area contributed by atoms with Gasteiger partial charge in [0.05, 0.1) is 18.0 Å². The Hall–Kier alpha value is -1.38. The number of aromatic nitrogens is 3. The minimum Gasteiger partial charge on any atom is -0.344 e. The number of H-pyrrole nitrogens is 1. The van der Waals surface area contributed by atoms with Crippen LogP contribution < -0.4 is 0 Å². The minimum absolute atomic E-state index is 0.933. The quantitative estimate of drug-likeness (QED) is 0.664. The largest absolute Gasteiger partial charge is 0.344 e. The van der Waals surface area contributed by atoms with Crippen molar-refractivity contribution in [3.05, 3.63) is 24.3 Å². The van der Waals surface area contributed by atoms with Crippen molar-refractivity contribution in [3.63, 3.8) is 0 Å². The van der Waals surface area contributed by atoms with Crippen molar-refractivity contribution in [1.82, 2.24) is 15.0 Å². The molecule has 0 radical (unpaired) electrons. The number of hydrogen-bond acceptors (Lipinski definition) is 2. The van der Waals surface area contributed by atoms with Gasteiger partial charge in [-0.05, 0) is 12.5 Å². The molecule has 0 aliphatic carbocycles. The Balaban J connectivity index is 2.67. The second-order valence-corrected chi connectivity index (χ2v) is 2.45. The third kappa shape index (κ3) is 0.981. The van der Waals surface area contributed by atoms with Crippen molar-refractivity contribution in [2.75, 3.05) is 0 Å². The van der Waals surface area contributed by atoms with Gasteiger partial charge in [0.15, 0.2) is 0 Å². The molecule has 0 amide bonds. The standard InChI is InChI=1S/C8H9N3/c1-2-6-3-7-8(4-9-6)11-5-10-7/h3-5H,2H2,1H3,(H,10,11). The second-order valence-electron chi connectivity index (χ2n) is 2.45. The Labute approximate surface area is 64.5 Å². The Morgan fingerprint density at radius 3 is 3.18 bits per heavy atom. The van der Waals surface area contributed by atoms with Crippen LogP contribution in [0.1, 0.15) is 12.6 Å². The van der Waals surface area contributed by atoms with Crippen molar-refractivity contribution in [2.45, 2.75) is 13.3 Å². The summed E-state index contributed by atoms with van der Waals surface area (Å²) in [5.74, 6) is 0. The van der Waals surface area contributed by atoms with Crippen molar-refractivity contribution in [1.29, 1.82) is 0 Å². The van der Waals surface area contributed by atoms with Gasteiger partial charge in [0.2, 0.25) is 0 Å². The summed E-state index contributed by atoms with van der Waals surface area (Å²) in [6.07, 6.45) is 4.45. The molecule has 2 rings (SSSR count). The van der Waals surface area contributed by atoms with E-state index in [2.05, 4.69) is 21.9 Å². The summed E-state index contributed by atoms with van der Waals surface area (Å²) >= 11 is 0. The summed E-state index contributed by atoms with van der Waals surface area (Å²) in [7, 11) is 0. The molecular formula is C8H9N3. The number of nitrogens with one attached hydrogen (secondary N) is 1. The molecule has 2 aromatic rings. The van der Waals surface area contributed by atoms with Crippen molar-refractivity contribution >= 4 is 11.0 Å². The third-order valence-electron chi connectivity index (χ3n) is 1.73. The molecule has 56 valence electrons. The topological polar surface area (TPSA) is 41.6 Å². The molecule has 0 atom stereocenters. The fourth-order valence-electron chi connectivity index (χ4n) is 1.07. The predicted octanol–water partition coefficient (Wildman–Crippen LogP) is 1.52. The SMILES string of the molecule is CCc1cc2[nH]cnc2cn1. The van der Waals surface area contributed by atoms with E-state index in [9.17, 15) is 0 Å². The number of aromatic amines is 1. The summed E-state index contributed by atoms with van der Waals surface area (Å²) in [5, 5.41) is 0. The monoisotopic (exact) mass is 147 g/mol. The second kappa shape index (κ2) is 2.34. The van der Waals surface area contributed by atoms with Gasteiger partial charge >= 0.3 is 0 Å². The van der Waals surface area contributed by atoms with Crippen LogP contribution in [-0.4, -0.2) is 15.0 Å². The zero-order chi connectivity index (χ0) is 7.68. The normalized spacial score (nSPS) is 10.6. The molecule has 3 heteroatoms. The molecule has 0 aliphatic rings. The number of rotatable bonds is 1. The van der Waals surface area contributed by atoms with E-state index in [1.165, 1.54) is 0 Å². The summed E-state index contributed by atoms with van der Waals surface area (Å²) in [6, 6.07) is 2.03. The predicted molar refractivity (Wildman–Crippen MR) is 43.3 cm³/mol. The van der Waals surface area contributed by atoms with Crippen LogP contribution in [0.4, 0.5) is 0 Å². The van der Waals surface area contributed by atoms with Gasteiger partial charge in [-0.15, -0.1) is 0 Å². The van der Waals surface area contributed by atoms with Crippen LogP contribution >= 0.6 is 0 Å². The van der Waals surface area contributed by atoms with E-state index in [-0.39, 0.29) is 0 Å². The molecule has 0 bridgehead atoms. The first-order chi connectivity index (χ1) is 5.40. The fraction of sp³-hybridized carbons (Fsp3) is 0.250. The van der Waals surface area contributed by atoms with Crippen LogP contribution in [0, 0.1) is 0 Å². The highest BCUT2D eigenvalue weighted by Crippen LogP contribution is 2.08. The van der Waals surface area contributed by atoms with Gasteiger partial charge in [-0.1, -0.05) is 6.92 Å². The summed E-state index contributed by atoms with van der Waals surface area (Å²) in [5.41, 5.74) is 3.10. The number of aryl methyl sites for hydroxylation is 1. The average molecular weight is 147 g/mol. The lowest BCUT2D eigenvalue weighted by molar-refractivity contribution is 1.04. The van der Waals surface area contributed by atoms with Gasteiger partial charge in [-0.3, -0.25) is 4.98 Å². The van der Waals surface area contributed by atoms with Crippen LogP contribution in [0.3, 0.4) is 0 Å². The number of imidazole rings is 1. The molecule has 3 nitrogen and oxygen atoms in total. The van der Waals surface area contributed by atoms with Crippen LogP contribution in [0.2, 0.25) is 0 Å². The summed E-state index contributed by atoms with van der Waals surface area (Å²) in [6.45, 7) is 2.09. The molecule has 0 saturated heterocycles. The van der Waals surface area contributed by atoms with Gasteiger partial charge < -0.3 is 4.98 Å². The first-order valence-electron chi connectivity index (χ1n) is 3.68. The molecule has 0 unspecified atom stereocenters. The maximum absolute atomic E-state index is 4.22. The highest BCUT2D eigenvalue weighted by molar-refractivity contribution is 5.73. The number of fused-ring (bicyclic) bond motifs is 1. The highest BCUT2D eigenvalue weighted by atomic mass is 14.9. The third-order valence-corrected chi connectivity index (χ3v) is 1.73. The van der Waals surface area contributed by atoms with Crippen LogP contribution in [0.25, 0.3) is 11.0 Å². The lowest BCUT2D eigenvalue weighted by Gasteiger charge is -1.92. The van der Waals surface area contributed by atoms with Gasteiger partial charge in [-0.2, -0.15) is 0 Å². The van der Waals surface area contributed by atoms with E-state index in [4.69, 9.17) is 0 Å². The number of pyridine rings is 1. The molecule has 0 aromatic carbocycles. The van der Waals surface area contributed by atoms with Crippen molar-refractivity contribution in [2.24, 2.45) is 0 Å². The van der Waals surface area contributed by atoms with E-state index in [0.717, 1.165) is 23.1 Å². The van der Waals surface area contributed by atoms with Crippen LogP contribution in [0.5, 0.6) is 0 Å². The molecule has 11 heavy (non-hydrogen) atoms. The van der Waals surface area contributed by atoms with Crippen molar-refractivity contribution in [3.8, 4) is 0 Å². The maximum Gasteiger partial charge on any atom is 0.107 e. The Morgan fingerprint density at radius 2 is 2.36 bits per heavy atom. The Kier molecular flexibility index (Phi) is 1.35. The van der Waals surface area contributed by atoms with Crippen LogP contribution in [-0.2, 0) is 6.42 Å². The highest BCUT2D eigenvalue weighted by Gasteiger charge is 1.96. The number of hydrogen-bond donors (Lipinski definition) is 1. The van der Waals surface area contributed by atoms with E-state index in [0.29, 0.717) is 0 Å². The molecular weight excluding hydrogens is 138 g/mol. The lowest BCUT2D eigenvalue weighted by atomic mass is 10.3. The maximum atomic E-state index is 4.22. The van der Waals surface area contributed by atoms with E-state index < -0.39 is 0 Å². The van der Waals surface area contributed by atoms with Crippen LogP contribution in [0.15, 0.2) is 18.6 Å². The molecule has 1 N–H and O–H groups in total. The zero-order valence-corrected chi connectivity index (χ0v) is 6.33. The van der Waals surface area contributed by atoms with Gasteiger partial charge in [0.1, 0.15) is 5.52 Å². The van der Waals surface area contributed by atoms with E-state index >= 15 is 0 Å².